The Morgan fingerprint density at radius 2 is 2.00 bits per heavy atom. The van der Waals surface area contributed by atoms with Crippen LogP contribution in [0, 0.1) is 11.8 Å². The number of anilines is 1. The third-order valence-corrected chi connectivity index (χ3v) is 6.09. The van der Waals surface area contributed by atoms with Crippen LogP contribution in [0.1, 0.15) is 44.0 Å². The van der Waals surface area contributed by atoms with Gasteiger partial charge in [-0.1, -0.05) is 6.92 Å². The molecule has 166 valence electrons. The van der Waals surface area contributed by atoms with Crippen molar-refractivity contribution in [1.82, 2.24) is 9.80 Å². The number of nitrogens with one attached hydrogen (secondary N) is 1. The monoisotopic (exact) mass is 417 g/mol. The molecule has 30 heavy (non-hydrogen) atoms. The van der Waals surface area contributed by atoms with Crippen LogP contribution >= 0.6 is 0 Å². The summed E-state index contributed by atoms with van der Waals surface area (Å²) in [5.74, 6) is 1.28. The largest absolute Gasteiger partial charge is 0.491 e. The third-order valence-electron chi connectivity index (χ3n) is 6.09. The van der Waals surface area contributed by atoms with Crippen LogP contribution in [0.4, 0.5) is 5.69 Å². The Balaban J connectivity index is 1.91. The highest BCUT2D eigenvalue weighted by Gasteiger charge is 2.31. The third kappa shape index (κ3) is 5.73. The van der Waals surface area contributed by atoms with Crippen LogP contribution in [0.15, 0.2) is 18.2 Å². The summed E-state index contributed by atoms with van der Waals surface area (Å²) in [4.78, 5) is 28.8. The molecule has 1 aromatic rings. The van der Waals surface area contributed by atoms with Crippen molar-refractivity contribution < 1.29 is 19.1 Å². The van der Waals surface area contributed by atoms with Crippen LogP contribution in [0.5, 0.6) is 5.75 Å². The van der Waals surface area contributed by atoms with Gasteiger partial charge in [-0.15, -0.1) is 0 Å². The molecule has 2 amide bonds. The predicted molar refractivity (Wildman–Crippen MR) is 117 cm³/mol. The molecule has 2 aliphatic rings. The van der Waals surface area contributed by atoms with Gasteiger partial charge in [-0.05, 0) is 43.7 Å². The number of methoxy groups -OCH3 is 1. The first kappa shape index (κ1) is 22.6. The quantitative estimate of drug-likeness (QED) is 0.816. The molecule has 0 saturated heterocycles. The highest BCUT2D eigenvalue weighted by atomic mass is 16.5. The van der Waals surface area contributed by atoms with Gasteiger partial charge >= 0.3 is 0 Å². The van der Waals surface area contributed by atoms with Gasteiger partial charge in [-0.2, -0.15) is 0 Å². The molecule has 0 bridgehead atoms. The van der Waals surface area contributed by atoms with Gasteiger partial charge in [0.1, 0.15) is 12.4 Å². The minimum atomic E-state index is -0.160. The second-order valence-corrected chi connectivity index (χ2v) is 8.89. The van der Waals surface area contributed by atoms with Gasteiger partial charge < -0.3 is 19.7 Å². The van der Waals surface area contributed by atoms with Gasteiger partial charge in [0, 0.05) is 58.5 Å². The Kier molecular flexibility index (Phi) is 7.36. The molecule has 1 N–H and O–H groups in total. The fraction of sp³-hybridized carbons (Fsp3) is 0.652. The van der Waals surface area contributed by atoms with E-state index < -0.39 is 0 Å². The molecule has 3 rings (SSSR count). The lowest BCUT2D eigenvalue weighted by Crippen LogP contribution is -2.47. The Morgan fingerprint density at radius 3 is 2.63 bits per heavy atom. The van der Waals surface area contributed by atoms with E-state index in [1.54, 1.807) is 37.3 Å². The number of rotatable bonds is 4. The molecule has 7 nitrogen and oxygen atoms in total. The SMILES string of the molecule is CO[C@@H]1CN(C)C(=O)c2ccc(NC(C)=O)cc2OC[C@H](C)N(CC2CC2)C[C@H]1C. The first-order valence-electron chi connectivity index (χ1n) is 10.8. The fourth-order valence-electron chi connectivity index (χ4n) is 4.01. The molecule has 1 aliphatic carbocycles. The van der Waals surface area contributed by atoms with Gasteiger partial charge in [-0.3, -0.25) is 14.5 Å². The lowest BCUT2D eigenvalue weighted by molar-refractivity contribution is -0.114. The summed E-state index contributed by atoms with van der Waals surface area (Å²) in [5, 5.41) is 2.77. The molecule has 1 aliphatic heterocycles. The highest BCUT2D eigenvalue weighted by Crippen LogP contribution is 2.32. The van der Waals surface area contributed by atoms with Crippen LogP contribution < -0.4 is 10.1 Å². The maximum atomic E-state index is 13.1. The number of carbonyl (C=O) groups is 2. The molecule has 1 heterocycles. The minimum absolute atomic E-state index is 0.0460. The maximum absolute atomic E-state index is 13.1. The van der Waals surface area contributed by atoms with Gasteiger partial charge in [-0.25, -0.2) is 0 Å². The van der Waals surface area contributed by atoms with Crippen molar-refractivity contribution in [2.45, 2.75) is 45.8 Å². The maximum Gasteiger partial charge on any atom is 0.257 e. The second kappa shape index (κ2) is 9.79. The van der Waals surface area contributed by atoms with Crippen molar-refractivity contribution >= 4 is 17.5 Å². The molecule has 1 saturated carbocycles. The van der Waals surface area contributed by atoms with E-state index in [1.165, 1.54) is 19.8 Å². The summed E-state index contributed by atoms with van der Waals surface area (Å²) in [6.45, 7) is 8.79. The van der Waals surface area contributed by atoms with Crippen molar-refractivity contribution in [3.63, 3.8) is 0 Å². The zero-order valence-corrected chi connectivity index (χ0v) is 18.8. The molecular weight excluding hydrogens is 382 g/mol. The van der Waals surface area contributed by atoms with E-state index >= 15 is 0 Å². The zero-order chi connectivity index (χ0) is 21.8. The van der Waals surface area contributed by atoms with E-state index in [9.17, 15) is 9.59 Å². The summed E-state index contributed by atoms with van der Waals surface area (Å²) in [5.41, 5.74) is 1.12. The van der Waals surface area contributed by atoms with Gasteiger partial charge in [0.15, 0.2) is 0 Å². The summed E-state index contributed by atoms with van der Waals surface area (Å²) in [6.07, 6.45) is 2.55. The number of benzene rings is 1. The summed E-state index contributed by atoms with van der Waals surface area (Å²) in [7, 11) is 3.51. The number of ether oxygens (including phenoxy) is 2. The van der Waals surface area contributed by atoms with Crippen LogP contribution in [-0.4, -0.2) is 74.2 Å². The van der Waals surface area contributed by atoms with Crippen LogP contribution in [0.3, 0.4) is 0 Å². The molecule has 0 spiro atoms. The minimum Gasteiger partial charge on any atom is -0.491 e. The number of nitrogens with zero attached hydrogens (tertiary/aromatic N) is 2. The Hall–Kier alpha value is -2.12. The topological polar surface area (TPSA) is 71.1 Å². The van der Waals surface area contributed by atoms with E-state index in [-0.39, 0.29) is 29.9 Å². The molecule has 1 aromatic carbocycles. The molecule has 0 unspecified atom stereocenters. The Bertz CT molecular complexity index is 765. The van der Waals surface area contributed by atoms with Crippen LogP contribution in [0.25, 0.3) is 0 Å². The molecule has 0 radical (unpaired) electrons. The van der Waals surface area contributed by atoms with Crippen molar-refractivity contribution in [2.75, 3.05) is 45.7 Å². The van der Waals surface area contributed by atoms with E-state index in [2.05, 4.69) is 24.1 Å². The number of hydrogen-bond acceptors (Lipinski definition) is 5. The number of hydrogen-bond donors (Lipinski definition) is 1. The summed E-state index contributed by atoms with van der Waals surface area (Å²) < 4.78 is 11.9. The van der Waals surface area contributed by atoms with Crippen molar-refractivity contribution in [3.8, 4) is 5.75 Å². The van der Waals surface area contributed by atoms with Crippen molar-refractivity contribution in [1.29, 1.82) is 0 Å². The summed E-state index contributed by atoms with van der Waals surface area (Å²) in [6, 6.07) is 5.40. The van der Waals surface area contributed by atoms with Gasteiger partial charge in [0.05, 0.1) is 11.7 Å². The first-order valence-corrected chi connectivity index (χ1v) is 10.8. The lowest BCUT2D eigenvalue weighted by atomic mass is 10.0. The molecular formula is C23H35N3O4. The lowest BCUT2D eigenvalue weighted by Gasteiger charge is -2.36. The molecule has 7 heteroatoms. The van der Waals surface area contributed by atoms with E-state index in [0.29, 0.717) is 30.2 Å². The van der Waals surface area contributed by atoms with Gasteiger partial charge in [0.2, 0.25) is 5.91 Å². The number of carbonyl (C=O) groups excluding carboxylic acids is 2. The smallest absolute Gasteiger partial charge is 0.257 e. The predicted octanol–water partition coefficient (Wildman–Crippen LogP) is 2.86. The Labute approximate surface area is 179 Å². The standard InChI is InChI=1S/C23H35N3O4/c1-15-11-26(12-18-6-7-18)16(2)14-30-21-10-19(24-17(3)27)8-9-20(21)23(28)25(4)13-22(15)29-5/h8-10,15-16,18,22H,6-7,11-14H2,1-5H3,(H,24,27)/t15-,16+,22-/m1/s1. The molecule has 1 fully saturated rings. The van der Waals surface area contributed by atoms with E-state index in [4.69, 9.17) is 9.47 Å². The normalized spacial score (nSPS) is 26.2. The van der Waals surface area contributed by atoms with Crippen molar-refractivity contribution in [2.24, 2.45) is 11.8 Å². The molecule has 0 aromatic heterocycles. The number of fused-ring (bicyclic) bond motifs is 1. The Morgan fingerprint density at radius 1 is 1.27 bits per heavy atom. The average molecular weight is 418 g/mol. The van der Waals surface area contributed by atoms with Crippen molar-refractivity contribution in [3.05, 3.63) is 23.8 Å². The van der Waals surface area contributed by atoms with Crippen LogP contribution in [-0.2, 0) is 9.53 Å². The second-order valence-electron chi connectivity index (χ2n) is 8.89. The van der Waals surface area contributed by atoms with E-state index in [1.807, 2.05) is 0 Å². The average Bonchev–Trinajstić information content (AvgIpc) is 3.52. The zero-order valence-electron chi connectivity index (χ0n) is 18.8. The highest BCUT2D eigenvalue weighted by molar-refractivity contribution is 5.98. The number of likely N-dealkylation sites (N-methyl/N-ethyl adjacent to an activating group) is 1. The van der Waals surface area contributed by atoms with Crippen LogP contribution in [0.2, 0.25) is 0 Å². The summed E-state index contributed by atoms with van der Waals surface area (Å²) >= 11 is 0. The first-order chi connectivity index (χ1) is 14.3. The van der Waals surface area contributed by atoms with Gasteiger partial charge in [0.25, 0.3) is 5.91 Å². The number of amides is 2. The van der Waals surface area contributed by atoms with E-state index in [0.717, 1.165) is 19.0 Å². The fourth-order valence-corrected chi connectivity index (χ4v) is 4.01. The molecule has 3 atom stereocenters.